The molecule has 154 valence electrons. The maximum absolute atomic E-state index is 11.6. The summed E-state index contributed by atoms with van der Waals surface area (Å²) in [5, 5.41) is 19.5. The minimum absolute atomic E-state index is 0. The van der Waals surface area contributed by atoms with Gasteiger partial charge in [0.05, 0.1) is 6.54 Å². The second-order valence-electron chi connectivity index (χ2n) is 7.19. The number of aliphatic imine (C=N–C) groups is 1. The Balaban J connectivity index is 0.00000676. The highest BCUT2D eigenvalue weighted by Crippen LogP contribution is 2.20. The summed E-state index contributed by atoms with van der Waals surface area (Å²) in [5.41, 5.74) is -0.763. The van der Waals surface area contributed by atoms with E-state index in [0.29, 0.717) is 25.6 Å². The van der Waals surface area contributed by atoms with Crippen LogP contribution >= 0.6 is 24.0 Å². The molecule has 0 saturated heterocycles. The molecular formula is C19H33IN4O3. The van der Waals surface area contributed by atoms with E-state index in [1.807, 2.05) is 58.0 Å². The molecule has 0 aromatic heterocycles. The van der Waals surface area contributed by atoms with E-state index in [0.717, 1.165) is 5.56 Å². The minimum Gasteiger partial charge on any atom is -0.444 e. The van der Waals surface area contributed by atoms with Crippen molar-refractivity contribution in [2.75, 3.05) is 26.2 Å². The Kier molecular flexibility index (Phi) is 11.3. The van der Waals surface area contributed by atoms with Crippen LogP contribution in [0.15, 0.2) is 35.3 Å². The zero-order valence-corrected chi connectivity index (χ0v) is 19.2. The molecule has 0 radical (unpaired) electrons. The Labute approximate surface area is 179 Å². The van der Waals surface area contributed by atoms with Crippen LogP contribution in [0.3, 0.4) is 0 Å². The number of ether oxygens (including phenoxy) is 1. The van der Waals surface area contributed by atoms with Crippen molar-refractivity contribution in [3.63, 3.8) is 0 Å². The molecular weight excluding hydrogens is 459 g/mol. The van der Waals surface area contributed by atoms with Crippen LogP contribution < -0.4 is 16.0 Å². The van der Waals surface area contributed by atoms with Gasteiger partial charge in [0.15, 0.2) is 5.96 Å². The predicted octanol–water partition coefficient (Wildman–Crippen LogP) is 2.59. The molecule has 1 aromatic rings. The van der Waals surface area contributed by atoms with Gasteiger partial charge in [-0.05, 0) is 40.2 Å². The lowest BCUT2D eigenvalue weighted by Crippen LogP contribution is -2.43. The topological polar surface area (TPSA) is 95.0 Å². The van der Waals surface area contributed by atoms with Crippen molar-refractivity contribution in [1.29, 1.82) is 0 Å². The van der Waals surface area contributed by atoms with Gasteiger partial charge in [-0.25, -0.2) is 9.79 Å². The highest BCUT2D eigenvalue weighted by Gasteiger charge is 2.22. The molecule has 0 spiro atoms. The van der Waals surface area contributed by atoms with Gasteiger partial charge in [-0.15, -0.1) is 24.0 Å². The first-order chi connectivity index (χ1) is 12.1. The first-order valence-corrected chi connectivity index (χ1v) is 8.91. The highest BCUT2D eigenvalue weighted by molar-refractivity contribution is 14.0. The lowest BCUT2D eigenvalue weighted by atomic mass is 9.96. The van der Waals surface area contributed by atoms with E-state index in [1.165, 1.54) is 0 Å². The largest absolute Gasteiger partial charge is 0.444 e. The number of carbonyl (C=O) groups excluding carboxylic acids is 1. The predicted molar refractivity (Wildman–Crippen MR) is 120 cm³/mol. The zero-order chi connectivity index (χ0) is 19.6. The van der Waals surface area contributed by atoms with Crippen molar-refractivity contribution in [3.8, 4) is 0 Å². The molecule has 0 bridgehead atoms. The molecule has 0 aliphatic heterocycles. The molecule has 7 nitrogen and oxygen atoms in total. The molecule has 1 amide bonds. The Bertz CT molecular complexity index is 586. The van der Waals surface area contributed by atoms with E-state index in [2.05, 4.69) is 20.9 Å². The number of rotatable bonds is 7. The molecule has 1 aromatic carbocycles. The second kappa shape index (κ2) is 12.0. The second-order valence-corrected chi connectivity index (χ2v) is 7.19. The van der Waals surface area contributed by atoms with Crippen molar-refractivity contribution in [3.05, 3.63) is 35.9 Å². The van der Waals surface area contributed by atoms with E-state index in [4.69, 9.17) is 4.74 Å². The monoisotopic (exact) mass is 492 g/mol. The van der Waals surface area contributed by atoms with E-state index < -0.39 is 17.3 Å². The molecule has 1 rings (SSSR count). The third-order valence-corrected chi connectivity index (χ3v) is 3.37. The number of aliphatic hydroxyl groups is 1. The number of guanidine groups is 1. The fourth-order valence-electron chi connectivity index (χ4n) is 2.12. The molecule has 0 fully saturated rings. The Morgan fingerprint density at radius 2 is 1.67 bits per heavy atom. The van der Waals surface area contributed by atoms with E-state index in [1.54, 1.807) is 6.92 Å². The third kappa shape index (κ3) is 11.0. The van der Waals surface area contributed by atoms with Crippen molar-refractivity contribution in [1.82, 2.24) is 16.0 Å². The van der Waals surface area contributed by atoms with Crippen molar-refractivity contribution in [2.24, 2.45) is 4.99 Å². The van der Waals surface area contributed by atoms with Crippen LogP contribution in [0.2, 0.25) is 0 Å². The lowest BCUT2D eigenvalue weighted by molar-refractivity contribution is 0.0528. The zero-order valence-electron chi connectivity index (χ0n) is 16.8. The van der Waals surface area contributed by atoms with Gasteiger partial charge in [-0.2, -0.15) is 0 Å². The summed E-state index contributed by atoms with van der Waals surface area (Å²) in [5.74, 6) is 0.578. The van der Waals surface area contributed by atoms with Crippen LogP contribution in [0.5, 0.6) is 0 Å². The number of halogens is 1. The Morgan fingerprint density at radius 3 is 2.22 bits per heavy atom. The molecule has 27 heavy (non-hydrogen) atoms. The van der Waals surface area contributed by atoms with E-state index >= 15 is 0 Å². The van der Waals surface area contributed by atoms with Crippen LogP contribution in [0.25, 0.3) is 0 Å². The van der Waals surface area contributed by atoms with E-state index in [9.17, 15) is 9.90 Å². The van der Waals surface area contributed by atoms with Gasteiger partial charge in [0.1, 0.15) is 11.2 Å². The van der Waals surface area contributed by atoms with Crippen molar-refractivity contribution in [2.45, 2.75) is 45.8 Å². The summed E-state index contributed by atoms with van der Waals surface area (Å²) < 4.78 is 5.18. The van der Waals surface area contributed by atoms with Gasteiger partial charge >= 0.3 is 6.09 Å². The fraction of sp³-hybridized carbons (Fsp3) is 0.579. The molecule has 4 N–H and O–H groups in total. The number of alkyl carbamates (subject to hydrolysis) is 1. The van der Waals surface area contributed by atoms with Gasteiger partial charge in [0.2, 0.25) is 0 Å². The molecule has 0 saturated carbocycles. The van der Waals surface area contributed by atoms with Gasteiger partial charge in [-0.3, -0.25) is 0 Å². The molecule has 0 heterocycles. The standard InChI is InChI=1S/C19H32N4O3.HI/c1-6-20-16(21-12-13-22-17(24)26-18(2,3)4)23-14-19(5,25)15-10-8-7-9-11-15;/h7-11,25H,6,12-14H2,1-5H3,(H,22,24)(H2,20,21,23);1H. The molecule has 8 heteroatoms. The number of hydrogen-bond donors (Lipinski definition) is 4. The third-order valence-electron chi connectivity index (χ3n) is 3.37. The fourth-order valence-corrected chi connectivity index (χ4v) is 2.12. The van der Waals surface area contributed by atoms with Crippen molar-refractivity contribution >= 4 is 36.0 Å². The smallest absolute Gasteiger partial charge is 0.407 e. The molecule has 1 unspecified atom stereocenters. The van der Waals surface area contributed by atoms with Crippen LogP contribution in [0, 0.1) is 0 Å². The maximum Gasteiger partial charge on any atom is 0.407 e. The van der Waals surface area contributed by atoms with Crippen LogP contribution in [-0.4, -0.2) is 48.9 Å². The summed E-state index contributed by atoms with van der Waals surface area (Å²) in [6.45, 7) is 10.9. The molecule has 1 atom stereocenters. The van der Waals surface area contributed by atoms with Gasteiger partial charge in [-0.1, -0.05) is 30.3 Å². The summed E-state index contributed by atoms with van der Waals surface area (Å²) >= 11 is 0. The Hall–Kier alpha value is -1.55. The van der Waals surface area contributed by atoms with Crippen LogP contribution in [0.1, 0.15) is 40.2 Å². The number of hydrogen-bond acceptors (Lipinski definition) is 4. The maximum atomic E-state index is 11.6. The number of amides is 1. The summed E-state index contributed by atoms with van der Waals surface area (Å²) in [7, 11) is 0. The Morgan fingerprint density at radius 1 is 1.07 bits per heavy atom. The number of benzene rings is 1. The van der Waals surface area contributed by atoms with Gasteiger partial charge in [0.25, 0.3) is 0 Å². The summed E-state index contributed by atoms with van der Waals surface area (Å²) in [6.07, 6.45) is -0.451. The quantitative estimate of drug-likeness (QED) is 0.203. The van der Waals surface area contributed by atoms with Crippen LogP contribution in [0.4, 0.5) is 4.79 Å². The normalized spacial score (nSPS) is 13.8. The van der Waals surface area contributed by atoms with Crippen molar-refractivity contribution < 1.29 is 14.6 Å². The number of nitrogens with zero attached hydrogens (tertiary/aromatic N) is 1. The lowest BCUT2D eigenvalue weighted by Gasteiger charge is -2.22. The average molecular weight is 492 g/mol. The molecule has 0 aliphatic rings. The first-order valence-electron chi connectivity index (χ1n) is 8.91. The first kappa shape index (κ1) is 25.4. The minimum atomic E-state index is -1.06. The number of nitrogens with one attached hydrogen (secondary N) is 3. The van der Waals surface area contributed by atoms with E-state index in [-0.39, 0.29) is 30.5 Å². The SMILES string of the molecule is CCNC(=NCC(C)(O)c1ccccc1)NCCNC(=O)OC(C)(C)C.I. The van der Waals surface area contributed by atoms with Gasteiger partial charge in [0, 0.05) is 19.6 Å². The van der Waals surface area contributed by atoms with Gasteiger partial charge < -0.3 is 25.8 Å². The summed E-state index contributed by atoms with van der Waals surface area (Å²) in [4.78, 5) is 16.0. The highest BCUT2D eigenvalue weighted by atomic mass is 127. The number of carbonyl (C=O) groups is 1. The van der Waals surface area contributed by atoms with Crippen LogP contribution in [-0.2, 0) is 10.3 Å². The molecule has 0 aliphatic carbocycles. The summed E-state index contributed by atoms with van der Waals surface area (Å²) in [6, 6.07) is 9.44. The average Bonchev–Trinajstić information content (AvgIpc) is 2.55.